The van der Waals surface area contributed by atoms with E-state index in [0.717, 1.165) is 0 Å². The van der Waals surface area contributed by atoms with Crippen LogP contribution in [0.4, 0.5) is 17.1 Å². The van der Waals surface area contributed by atoms with E-state index in [-0.39, 0.29) is 10.8 Å². The van der Waals surface area contributed by atoms with Gasteiger partial charge in [0.2, 0.25) is 0 Å². The molecule has 0 amide bonds. The van der Waals surface area contributed by atoms with Crippen LogP contribution in [0.15, 0.2) is 176 Å². The number of benzene rings is 8. The van der Waals surface area contributed by atoms with E-state index in [1.54, 1.807) is 0 Å². The zero-order valence-electron chi connectivity index (χ0n) is 31.1. The number of fused-ring (bicyclic) bond motifs is 11. The van der Waals surface area contributed by atoms with Crippen molar-refractivity contribution in [2.75, 3.05) is 4.90 Å². The molecule has 0 saturated heterocycles. The fourth-order valence-corrected chi connectivity index (χ4v) is 10.7. The van der Waals surface area contributed by atoms with E-state index >= 15 is 0 Å². The first-order valence-corrected chi connectivity index (χ1v) is 19.4. The van der Waals surface area contributed by atoms with Crippen LogP contribution < -0.4 is 4.90 Å². The Labute approximate surface area is 321 Å². The molecule has 0 radical (unpaired) electrons. The van der Waals surface area contributed by atoms with E-state index in [4.69, 9.17) is 0 Å². The van der Waals surface area contributed by atoms with Crippen molar-refractivity contribution in [2.45, 2.75) is 31.6 Å². The summed E-state index contributed by atoms with van der Waals surface area (Å²) in [6.07, 6.45) is 0. The summed E-state index contributed by atoms with van der Waals surface area (Å²) in [5.74, 6) is 0. The van der Waals surface area contributed by atoms with E-state index in [1.807, 2.05) is 0 Å². The first kappa shape index (κ1) is 30.8. The molecule has 2 heteroatoms. The number of nitrogens with zero attached hydrogens (tertiary/aromatic N) is 2. The summed E-state index contributed by atoms with van der Waals surface area (Å²) in [7, 11) is 0. The summed E-state index contributed by atoms with van der Waals surface area (Å²) in [6, 6.07) is 65.9. The van der Waals surface area contributed by atoms with Gasteiger partial charge in [-0.05, 0) is 105 Å². The molecule has 0 bridgehead atoms. The van der Waals surface area contributed by atoms with Gasteiger partial charge < -0.3 is 9.47 Å². The van der Waals surface area contributed by atoms with Gasteiger partial charge in [-0.2, -0.15) is 0 Å². The summed E-state index contributed by atoms with van der Waals surface area (Å²) in [5, 5.41) is 2.54. The highest BCUT2D eigenvalue weighted by atomic mass is 15.2. The van der Waals surface area contributed by atoms with Gasteiger partial charge in [-0.25, -0.2) is 0 Å². The van der Waals surface area contributed by atoms with Crippen LogP contribution in [0.2, 0.25) is 0 Å². The molecule has 1 aromatic heterocycles. The molecule has 0 saturated carbocycles. The topological polar surface area (TPSA) is 8.17 Å². The van der Waals surface area contributed by atoms with Gasteiger partial charge in [0.1, 0.15) is 0 Å². The summed E-state index contributed by atoms with van der Waals surface area (Å²) in [4.78, 5) is 2.56. The minimum absolute atomic E-state index is 0.0534. The van der Waals surface area contributed by atoms with E-state index in [0.29, 0.717) is 0 Å². The molecular weight excluding hydrogens is 665 g/mol. The summed E-state index contributed by atoms with van der Waals surface area (Å²) in [5.41, 5.74) is 21.5. The van der Waals surface area contributed by atoms with Crippen LogP contribution in [0.1, 0.15) is 48.6 Å². The number of para-hydroxylation sites is 3. The van der Waals surface area contributed by atoms with Crippen LogP contribution >= 0.6 is 0 Å². The van der Waals surface area contributed by atoms with Gasteiger partial charge in [0.05, 0.1) is 28.1 Å². The van der Waals surface area contributed by atoms with Gasteiger partial charge in [0.25, 0.3) is 0 Å². The molecule has 260 valence electrons. The molecule has 0 spiro atoms. The van der Waals surface area contributed by atoms with Crippen molar-refractivity contribution in [1.82, 2.24) is 4.57 Å². The molecule has 3 aliphatic rings. The van der Waals surface area contributed by atoms with E-state index in [1.165, 1.54) is 106 Å². The Balaban J connectivity index is 1.13. The maximum atomic E-state index is 2.56. The lowest BCUT2D eigenvalue weighted by Crippen LogP contribution is -2.32. The summed E-state index contributed by atoms with van der Waals surface area (Å²) < 4.78 is 2.45. The minimum Gasteiger partial charge on any atom is -0.310 e. The highest BCUT2D eigenvalue weighted by molar-refractivity contribution is 6.10. The third-order valence-corrected chi connectivity index (χ3v) is 13.2. The number of hydrogen-bond acceptors (Lipinski definition) is 1. The molecule has 1 unspecified atom stereocenters. The minimum atomic E-state index is -0.301. The van der Waals surface area contributed by atoms with Gasteiger partial charge in [-0.1, -0.05) is 147 Å². The Hall–Kier alpha value is -6.64. The number of aromatic nitrogens is 1. The van der Waals surface area contributed by atoms with Crippen LogP contribution in [0.5, 0.6) is 0 Å². The summed E-state index contributed by atoms with van der Waals surface area (Å²) >= 11 is 0. The first-order valence-electron chi connectivity index (χ1n) is 19.4. The normalized spacial score (nSPS) is 16.8. The largest absolute Gasteiger partial charge is 0.310 e. The van der Waals surface area contributed by atoms with Crippen molar-refractivity contribution in [2.24, 2.45) is 0 Å². The van der Waals surface area contributed by atoms with E-state index in [2.05, 4.69) is 206 Å². The molecule has 1 atom stereocenters. The average molecular weight is 703 g/mol. The number of rotatable bonds is 3. The fourth-order valence-electron chi connectivity index (χ4n) is 10.7. The van der Waals surface area contributed by atoms with Crippen molar-refractivity contribution >= 4 is 38.9 Å². The maximum absolute atomic E-state index is 2.56. The summed E-state index contributed by atoms with van der Waals surface area (Å²) in [6.45, 7) is 7.17. The fraction of sp³-hybridized carbons (Fsp3) is 0.0943. The molecule has 0 N–H and O–H groups in total. The molecule has 2 heterocycles. The zero-order chi connectivity index (χ0) is 36.6. The molecule has 0 fully saturated rings. The van der Waals surface area contributed by atoms with Crippen LogP contribution in [0.3, 0.4) is 0 Å². The predicted octanol–water partition coefficient (Wildman–Crippen LogP) is 13.9. The van der Waals surface area contributed by atoms with Gasteiger partial charge >= 0.3 is 0 Å². The SMILES string of the molecule is CC1(C)c2ccccc2-c2cc(N3c4cc(-c5ccccc5-n5c6ccccc6c6ccccc65)ccc4C4(C)c5ccccc5-c5cccc3c54)ccc21. The molecule has 12 rings (SSSR count). The highest BCUT2D eigenvalue weighted by Gasteiger charge is 2.48. The zero-order valence-corrected chi connectivity index (χ0v) is 31.1. The smallest absolute Gasteiger partial charge is 0.0541 e. The lowest BCUT2D eigenvalue weighted by atomic mass is 9.70. The molecule has 1 aliphatic heterocycles. The number of hydrogen-bond donors (Lipinski definition) is 0. The lowest BCUT2D eigenvalue weighted by molar-refractivity contribution is 0.660. The van der Waals surface area contributed by atoms with E-state index < -0.39 is 0 Å². The number of anilines is 3. The second-order valence-corrected chi connectivity index (χ2v) is 16.2. The Bertz CT molecular complexity index is 3050. The van der Waals surface area contributed by atoms with Gasteiger partial charge in [-0.15, -0.1) is 0 Å². The molecule has 2 nitrogen and oxygen atoms in total. The van der Waals surface area contributed by atoms with Crippen LogP contribution in [0.25, 0.3) is 60.9 Å². The quantitative estimate of drug-likeness (QED) is 0.178. The second-order valence-electron chi connectivity index (χ2n) is 16.2. The van der Waals surface area contributed by atoms with Gasteiger partial charge in [0.15, 0.2) is 0 Å². The average Bonchev–Trinajstić information content (AvgIpc) is 3.79. The van der Waals surface area contributed by atoms with Crippen LogP contribution in [0, 0.1) is 0 Å². The molecule has 55 heavy (non-hydrogen) atoms. The van der Waals surface area contributed by atoms with Gasteiger partial charge in [-0.3, -0.25) is 0 Å². The molecule has 2 aliphatic carbocycles. The lowest BCUT2D eigenvalue weighted by Gasteiger charge is -2.42. The van der Waals surface area contributed by atoms with Crippen molar-refractivity contribution in [3.8, 4) is 39.1 Å². The van der Waals surface area contributed by atoms with Crippen LogP contribution in [-0.2, 0) is 10.8 Å². The Morgan fingerprint density at radius 3 is 1.71 bits per heavy atom. The molecule has 9 aromatic rings. The highest BCUT2D eigenvalue weighted by Crippen LogP contribution is 2.63. The van der Waals surface area contributed by atoms with Crippen molar-refractivity contribution in [3.05, 3.63) is 204 Å². The second kappa shape index (κ2) is 10.7. The van der Waals surface area contributed by atoms with Crippen molar-refractivity contribution in [1.29, 1.82) is 0 Å². The first-order chi connectivity index (χ1) is 26.9. The third kappa shape index (κ3) is 3.89. The predicted molar refractivity (Wildman–Crippen MR) is 229 cm³/mol. The molecule has 8 aromatic carbocycles. The maximum Gasteiger partial charge on any atom is 0.0541 e. The standard InChI is InChI=1S/C53H38N2/c1-52(2)42-21-9-4-17-37(42)41-32-34(28-30-43(41)52)54-49-26-14-20-40-36-16-5-10-22-44(36)53(3,51(40)49)45-29-27-33(31-50(45)54)35-15-6-11-23-46(35)55-47-24-12-7-18-38(47)39-19-8-13-25-48(39)55/h4-32H,1-3H3. The molecular formula is C53H38N2. The Morgan fingerprint density at radius 2 is 0.945 bits per heavy atom. The Morgan fingerprint density at radius 1 is 0.382 bits per heavy atom. The van der Waals surface area contributed by atoms with Crippen molar-refractivity contribution < 1.29 is 0 Å². The van der Waals surface area contributed by atoms with Gasteiger partial charge in [0, 0.05) is 32.9 Å². The van der Waals surface area contributed by atoms with Crippen molar-refractivity contribution in [3.63, 3.8) is 0 Å². The monoisotopic (exact) mass is 702 g/mol. The van der Waals surface area contributed by atoms with Crippen LogP contribution in [-0.4, -0.2) is 4.57 Å². The third-order valence-electron chi connectivity index (χ3n) is 13.2. The van der Waals surface area contributed by atoms with E-state index in [9.17, 15) is 0 Å². The Kier molecular flexibility index (Phi) is 6.01.